The summed E-state index contributed by atoms with van der Waals surface area (Å²) in [6.45, 7) is 0.562. The summed E-state index contributed by atoms with van der Waals surface area (Å²) in [5, 5.41) is 3.23. The Morgan fingerprint density at radius 2 is 1.76 bits per heavy atom. The first-order chi connectivity index (χ1) is 9.83. The number of aromatic nitrogens is 1. The fraction of sp³-hybridized carbons (Fsp3) is 0.154. The highest BCUT2D eigenvalue weighted by Gasteiger charge is 2.04. The molecule has 0 amide bonds. The predicted octanol–water partition coefficient (Wildman–Crippen LogP) is 3.59. The minimum absolute atomic E-state index is 0.533. The Morgan fingerprint density at radius 3 is 2.33 bits per heavy atom. The molecule has 0 atom stereocenters. The molecule has 1 aromatic heterocycles. The second-order valence-corrected chi connectivity index (χ2v) is 7.91. The summed E-state index contributed by atoms with van der Waals surface area (Å²) in [6.07, 6.45) is 2.86. The number of nitrogens with one attached hydrogen (secondary N) is 2. The number of rotatable bonds is 5. The highest BCUT2D eigenvalue weighted by molar-refractivity contribution is 9.11. The van der Waals surface area contributed by atoms with Crippen molar-refractivity contribution in [2.75, 3.05) is 16.3 Å². The zero-order valence-electron chi connectivity index (χ0n) is 11.1. The van der Waals surface area contributed by atoms with Gasteiger partial charge in [0.1, 0.15) is 0 Å². The molecule has 1 aromatic carbocycles. The van der Waals surface area contributed by atoms with Crippen molar-refractivity contribution in [1.29, 1.82) is 0 Å². The van der Waals surface area contributed by atoms with Gasteiger partial charge in [0.2, 0.25) is 10.0 Å². The molecule has 0 fully saturated rings. The van der Waals surface area contributed by atoms with E-state index in [0.717, 1.165) is 26.6 Å². The molecule has 2 rings (SSSR count). The summed E-state index contributed by atoms with van der Waals surface area (Å²) in [6, 6.07) is 8.95. The molecule has 1 heterocycles. The van der Waals surface area contributed by atoms with Crippen LogP contribution in [0.2, 0.25) is 0 Å². The first-order valence-electron chi connectivity index (χ1n) is 5.95. The molecule has 0 radical (unpaired) electrons. The van der Waals surface area contributed by atoms with Gasteiger partial charge in [0.15, 0.2) is 0 Å². The lowest BCUT2D eigenvalue weighted by Crippen LogP contribution is -2.09. The molecule has 112 valence electrons. The highest BCUT2D eigenvalue weighted by Crippen LogP contribution is 2.21. The molecule has 2 N–H and O–H groups in total. The van der Waals surface area contributed by atoms with Crippen molar-refractivity contribution in [3.63, 3.8) is 0 Å². The fourth-order valence-corrected chi connectivity index (χ4v) is 3.32. The van der Waals surface area contributed by atoms with Gasteiger partial charge in [-0.3, -0.25) is 9.71 Å². The highest BCUT2D eigenvalue weighted by atomic mass is 79.9. The van der Waals surface area contributed by atoms with Gasteiger partial charge in [-0.25, -0.2) is 8.42 Å². The number of benzene rings is 1. The fourth-order valence-electron chi connectivity index (χ4n) is 1.63. The second-order valence-electron chi connectivity index (χ2n) is 4.39. The number of anilines is 2. The predicted molar refractivity (Wildman–Crippen MR) is 91.9 cm³/mol. The van der Waals surface area contributed by atoms with Crippen molar-refractivity contribution >= 4 is 53.3 Å². The molecule has 0 saturated heterocycles. The zero-order chi connectivity index (χ0) is 15.5. The van der Waals surface area contributed by atoms with E-state index in [1.807, 2.05) is 6.07 Å². The van der Waals surface area contributed by atoms with Gasteiger partial charge in [0.25, 0.3) is 0 Å². The molecule has 0 unspecified atom stereocenters. The Labute approximate surface area is 140 Å². The summed E-state index contributed by atoms with van der Waals surface area (Å²) in [5.74, 6) is 0. The van der Waals surface area contributed by atoms with E-state index in [2.05, 4.69) is 46.9 Å². The van der Waals surface area contributed by atoms with Gasteiger partial charge in [0.05, 0.1) is 18.5 Å². The largest absolute Gasteiger partial charge is 0.379 e. The summed E-state index contributed by atoms with van der Waals surface area (Å²) >= 11 is 6.81. The summed E-state index contributed by atoms with van der Waals surface area (Å²) in [4.78, 5) is 4.31. The van der Waals surface area contributed by atoms with Gasteiger partial charge in [-0.2, -0.15) is 0 Å². The standard InChI is InChI=1S/C13H13Br2N3O2S/c1-21(19,20)18-11-4-2-10(3-5-11)16-8-13-12(15)6-9(14)7-17-13/h2-7,16,18H,8H2,1H3. The van der Waals surface area contributed by atoms with E-state index in [-0.39, 0.29) is 0 Å². The first-order valence-corrected chi connectivity index (χ1v) is 9.43. The van der Waals surface area contributed by atoms with E-state index < -0.39 is 10.0 Å². The Kier molecular flexibility index (Phi) is 5.23. The number of hydrogen-bond donors (Lipinski definition) is 2. The number of pyridine rings is 1. The van der Waals surface area contributed by atoms with Gasteiger partial charge < -0.3 is 5.32 Å². The molecule has 0 aliphatic carbocycles. The van der Waals surface area contributed by atoms with E-state index in [9.17, 15) is 8.42 Å². The first kappa shape index (κ1) is 16.3. The van der Waals surface area contributed by atoms with E-state index in [1.165, 1.54) is 0 Å². The number of sulfonamides is 1. The molecule has 0 aliphatic heterocycles. The number of halogens is 2. The number of nitrogens with zero attached hydrogens (tertiary/aromatic N) is 1. The van der Waals surface area contributed by atoms with Crippen LogP contribution in [0.4, 0.5) is 11.4 Å². The minimum atomic E-state index is -3.25. The van der Waals surface area contributed by atoms with E-state index in [0.29, 0.717) is 12.2 Å². The smallest absolute Gasteiger partial charge is 0.229 e. The molecule has 0 saturated carbocycles. The van der Waals surface area contributed by atoms with E-state index in [1.54, 1.807) is 30.5 Å². The molecule has 21 heavy (non-hydrogen) atoms. The van der Waals surface area contributed by atoms with Crippen LogP contribution in [0.5, 0.6) is 0 Å². The summed E-state index contributed by atoms with van der Waals surface area (Å²) in [5.41, 5.74) is 2.30. The normalized spacial score (nSPS) is 11.2. The van der Waals surface area contributed by atoms with Crippen molar-refractivity contribution in [3.05, 3.63) is 51.2 Å². The lowest BCUT2D eigenvalue weighted by Gasteiger charge is -2.09. The third-order valence-electron chi connectivity index (χ3n) is 2.53. The quantitative estimate of drug-likeness (QED) is 0.754. The van der Waals surface area contributed by atoms with Crippen LogP contribution in [0.1, 0.15) is 5.69 Å². The maximum atomic E-state index is 11.1. The third-order valence-corrected chi connectivity index (χ3v) is 4.26. The average molecular weight is 435 g/mol. The van der Waals surface area contributed by atoms with Crippen molar-refractivity contribution < 1.29 is 8.42 Å². The molecule has 0 bridgehead atoms. The van der Waals surface area contributed by atoms with Gasteiger partial charge >= 0.3 is 0 Å². The second kappa shape index (κ2) is 6.76. The van der Waals surface area contributed by atoms with Crippen molar-refractivity contribution in [2.24, 2.45) is 0 Å². The van der Waals surface area contributed by atoms with Crippen LogP contribution in [0, 0.1) is 0 Å². The zero-order valence-corrected chi connectivity index (χ0v) is 15.1. The Bertz CT molecular complexity index is 734. The van der Waals surface area contributed by atoms with Gasteiger partial charge in [0, 0.05) is 26.5 Å². The maximum absolute atomic E-state index is 11.1. The molecular weight excluding hydrogens is 422 g/mol. The SMILES string of the molecule is CS(=O)(=O)Nc1ccc(NCc2ncc(Br)cc2Br)cc1. The minimum Gasteiger partial charge on any atom is -0.379 e. The Hall–Kier alpha value is -1.12. The lowest BCUT2D eigenvalue weighted by atomic mass is 10.2. The summed E-state index contributed by atoms with van der Waals surface area (Å²) in [7, 11) is -3.25. The van der Waals surface area contributed by atoms with Crippen LogP contribution < -0.4 is 10.0 Å². The van der Waals surface area contributed by atoms with Crippen molar-refractivity contribution in [1.82, 2.24) is 4.98 Å². The van der Waals surface area contributed by atoms with Crippen LogP contribution in [-0.4, -0.2) is 19.7 Å². The van der Waals surface area contributed by atoms with Gasteiger partial charge in [-0.1, -0.05) is 0 Å². The van der Waals surface area contributed by atoms with E-state index in [4.69, 9.17) is 0 Å². The Balaban J connectivity index is 2.00. The van der Waals surface area contributed by atoms with Crippen molar-refractivity contribution in [2.45, 2.75) is 6.54 Å². The van der Waals surface area contributed by atoms with Crippen LogP contribution in [0.15, 0.2) is 45.5 Å². The third kappa shape index (κ3) is 5.29. The molecule has 0 aliphatic rings. The van der Waals surface area contributed by atoms with Crippen LogP contribution in [0.25, 0.3) is 0 Å². The van der Waals surface area contributed by atoms with E-state index >= 15 is 0 Å². The van der Waals surface area contributed by atoms with Crippen LogP contribution >= 0.6 is 31.9 Å². The molecular formula is C13H13Br2N3O2S. The van der Waals surface area contributed by atoms with Crippen LogP contribution in [0.3, 0.4) is 0 Å². The van der Waals surface area contributed by atoms with Crippen molar-refractivity contribution in [3.8, 4) is 0 Å². The topological polar surface area (TPSA) is 71.1 Å². The average Bonchev–Trinajstić information content (AvgIpc) is 2.38. The summed E-state index contributed by atoms with van der Waals surface area (Å²) < 4.78 is 26.5. The lowest BCUT2D eigenvalue weighted by molar-refractivity contribution is 0.607. The maximum Gasteiger partial charge on any atom is 0.229 e. The number of hydrogen-bond acceptors (Lipinski definition) is 4. The van der Waals surface area contributed by atoms with Gasteiger partial charge in [-0.05, 0) is 62.2 Å². The molecule has 5 nitrogen and oxygen atoms in total. The monoisotopic (exact) mass is 433 g/mol. The van der Waals surface area contributed by atoms with Gasteiger partial charge in [-0.15, -0.1) is 0 Å². The Morgan fingerprint density at radius 1 is 1.14 bits per heavy atom. The molecule has 2 aromatic rings. The molecule has 8 heteroatoms. The molecule has 0 spiro atoms. The van der Waals surface area contributed by atoms with Crippen LogP contribution in [-0.2, 0) is 16.6 Å².